The molecule has 1 aliphatic rings. The Morgan fingerprint density at radius 2 is 1.76 bits per heavy atom. The van der Waals surface area contributed by atoms with Crippen molar-refractivity contribution in [3.05, 3.63) is 46.4 Å². The zero-order valence-electron chi connectivity index (χ0n) is 19.2. The van der Waals surface area contributed by atoms with Gasteiger partial charge in [-0.3, -0.25) is 9.10 Å². The molecule has 0 atom stereocenters. The van der Waals surface area contributed by atoms with Crippen LogP contribution in [-0.2, 0) is 24.8 Å². The number of ether oxygens (including phenoxy) is 1. The lowest BCUT2D eigenvalue weighted by molar-refractivity contribution is -0.114. The van der Waals surface area contributed by atoms with Crippen molar-refractivity contribution in [2.24, 2.45) is 0 Å². The van der Waals surface area contributed by atoms with Gasteiger partial charge in [0.25, 0.3) is 0 Å². The number of piperidine rings is 1. The molecule has 1 heterocycles. The van der Waals surface area contributed by atoms with Crippen molar-refractivity contribution in [3.8, 4) is 5.75 Å². The van der Waals surface area contributed by atoms with Crippen molar-refractivity contribution in [3.63, 3.8) is 0 Å². The molecular weight excluding hydrogens is 546 g/mol. The van der Waals surface area contributed by atoms with Crippen molar-refractivity contribution in [2.45, 2.75) is 31.1 Å². The Hall–Kier alpha value is -2.15. The van der Waals surface area contributed by atoms with Gasteiger partial charge in [-0.05, 0) is 61.7 Å². The van der Waals surface area contributed by atoms with Crippen LogP contribution in [0.1, 0.15) is 24.8 Å². The fraction of sp³-hybridized carbons (Fsp3) is 0.409. The number of aryl methyl sites for hydroxylation is 1. The van der Waals surface area contributed by atoms with Crippen LogP contribution in [0.25, 0.3) is 0 Å². The van der Waals surface area contributed by atoms with Gasteiger partial charge in [0.15, 0.2) is 0 Å². The van der Waals surface area contributed by atoms with Crippen LogP contribution >= 0.6 is 15.9 Å². The summed E-state index contributed by atoms with van der Waals surface area (Å²) in [6.07, 6.45) is 3.61. The molecule has 0 saturated carbocycles. The van der Waals surface area contributed by atoms with E-state index < -0.39 is 32.5 Å². The van der Waals surface area contributed by atoms with Crippen LogP contribution in [0, 0.1) is 6.92 Å². The molecule has 2 aromatic carbocycles. The Morgan fingerprint density at radius 3 is 2.35 bits per heavy atom. The van der Waals surface area contributed by atoms with Gasteiger partial charge < -0.3 is 10.1 Å². The molecule has 0 unspecified atom stereocenters. The number of carbonyl (C=O) groups is 1. The van der Waals surface area contributed by atoms with Gasteiger partial charge in [0.05, 0.1) is 29.6 Å². The number of nitrogens with zero attached hydrogens (tertiary/aromatic N) is 2. The van der Waals surface area contributed by atoms with Gasteiger partial charge >= 0.3 is 0 Å². The molecular formula is C22H28BrN3O6S2. The SMILES string of the molecule is COc1ccc(S(=O)(=O)N2CCCCC2)cc1NC(=O)CN(c1ccc(Br)c(C)c1)S(C)(=O)=O. The molecule has 34 heavy (non-hydrogen) atoms. The Balaban J connectivity index is 1.87. The fourth-order valence-electron chi connectivity index (χ4n) is 3.70. The van der Waals surface area contributed by atoms with E-state index in [4.69, 9.17) is 4.74 Å². The number of amides is 1. The summed E-state index contributed by atoms with van der Waals surface area (Å²) in [5, 5.41) is 2.61. The minimum atomic E-state index is -3.77. The minimum Gasteiger partial charge on any atom is -0.495 e. The molecule has 1 fully saturated rings. The van der Waals surface area contributed by atoms with Gasteiger partial charge in [0, 0.05) is 17.6 Å². The van der Waals surface area contributed by atoms with E-state index in [9.17, 15) is 21.6 Å². The third-order valence-electron chi connectivity index (χ3n) is 5.51. The van der Waals surface area contributed by atoms with Gasteiger partial charge in [-0.2, -0.15) is 4.31 Å². The van der Waals surface area contributed by atoms with Crippen LogP contribution < -0.4 is 14.4 Å². The summed E-state index contributed by atoms with van der Waals surface area (Å²) < 4.78 is 59.5. The molecule has 12 heteroatoms. The summed E-state index contributed by atoms with van der Waals surface area (Å²) >= 11 is 3.38. The van der Waals surface area contributed by atoms with Crippen LogP contribution in [0.5, 0.6) is 5.75 Å². The molecule has 0 radical (unpaired) electrons. The first-order valence-corrected chi connectivity index (χ1v) is 14.7. The Morgan fingerprint density at radius 1 is 1.09 bits per heavy atom. The second kappa shape index (κ2) is 10.6. The van der Waals surface area contributed by atoms with Crippen molar-refractivity contribution in [1.82, 2.24) is 4.31 Å². The zero-order chi connectivity index (χ0) is 25.1. The number of anilines is 2. The number of hydrogen-bond donors (Lipinski definition) is 1. The third kappa shape index (κ3) is 6.09. The highest BCUT2D eigenvalue weighted by Crippen LogP contribution is 2.30. The van der Waals surface area contributed by atoms with E-state index in [1.807, 2.05) is 6.92 Å². The van der Waals surface area contributed by atoms with Crippen LogP contribution in [0.2, 0.25) is 0 Å². The molecule has 0 aromatic heterocycles. The van der Waals surface area contributed by atoms with Gasteiger partial charge in [0.2, 0.25) is 26.0 Å². The molecule has 1 amide bonds. The maximum atomic E-state index is 13.1. The smallest absolute Gasteiger partial charge is 0.245 e. The average molecular weight is 575 g/mol. The molecule has 2 aromatic rings. The van der Waals surface area contributed by atoms with E-state index in [2.05, 4.69) is 21.2 Å². The van der Waals surface area contributed by atoms with Gasteiger partial charge in [0.1, 0.15) is 12.3 Å². The summed E-state index contributed by atoms with van der Waals surface area (Å²) in [5.41, 5.74) is 1.29. The monoisotopic (exact) mass is 573 g/mol. The molecule has 1 saturated heterocycles. The number of hydrogen-bond acceptors (Lipinski definition) is 6. The van der Waals surface area contributed by atoms with Gasteiger partial charge in [-0.25, -0.2) is 16.8 Å². The topological polar surface area (TPSA) is 113 Å². The molecule has 1 N–H and O–H groups in total. The summed E-state index contributed by atoms with van der Waals surface area (Å²) in [6, 6.07) is 9.21. The Kier molecular flexibility index (Phi) is 8.27. The van der Waals surface area contributed by atoms with Crippen LogP contribution in [0.3, 0.4) is 0 Å². The fourth-order valence-corrected chi connectivity index (χ4v) is 6.34. The molecule has 3 rings (SSSR count). The number of halogens is 1. The maximum absolute atomic E-state index is 13.1. The van der Waals surface area contributed by atoms with E-state index in [-0.39, 0.29) is 16.3 Å². The lowest BCUT2D eigenvalue weighted by Gasteiger charge is -2.26. The normalized spacial score (nSPS) is 15.1. The second-order valence-corrected chi connectivity index (χ2v) is 12.8. The predicted molar refractivity (Wildman–Crippen MR) is 135 cm³/mol. The number of methoxy groups -OCH3 is 1. The lowest BCUT2D eigenvalue weighted by Crippen LogP contribution is -2.37. The summed E-state index contributed by atoms with van der Waals surface area (Å²) in [5.74, 6) is -0.381. The van der Waals surface area contributed by atoms with E-state index in [0.29, 0.717) is 18.8 Å². The average Bonchev–Trinajstić information content (AvgIpc) is 2.79. The third-order valence-corrected chi connectivity index (χ3v) is 9.44. The second-order valence-electron chi connectivity index (χ2n) is 8.08. The minimum absolute atomic E-state index is 0.0361. The standard InChI is InChI=1S/C22H28BrN3O6S2/c1-16-13-17(7-9-19(16)23)26(33(3,28)29)15-22(27)24-20-14-18(8-10-21(20)32-2)34(30,31)25-11-5-4-6-12-25/h7-10,13-14H,4-6,11-12,15H2,1-3H3,(H,24,27). The quantitative estimate of drug-likeness (QED) is 0.518. The van der Waals surface area contributed by atoms with Crippen LogP contribution in [-0.4, -0.2) is 60.0 Å². The zero-order valence-corrected chi connectivity index (χ0v) is 22.5. The Labute approximate surface area is 209 Å². The van der Waals surface area contributed by atoms with Crippen molar-refractivity contribution in [1.29, 1.82) is 0 Å². The van der Waals surface area contributed by atoms with E-state index in [0.717, 1.165) is 39.9 Å². The van der Waals surface area contributed by atoms with Crippen molar-refractivity contribution >= 4 is 53.3 Å². The van der Waals surface area contributed by atoms with Crippen molar-refractivity contribution in [2.75, 3.05) is 42.6 Å². The Bertz CT molecular complexity index is 1280. The highest BCUT2D eigenvalue weighted by Gasteiger charge is 2.27. The number of benzene rings is 2. The van der Waals surface area contributed by atoms with E-state index >= 15 is 0 Å². The first-order chi connectivity index (χ1) is 15.9. The van der Waals surface area contributed by atoms with Gasteiger partial charge in [-0.15, -0.1) is 0 Å². The number of nitrogens with one attached hydrogen (secondary N) is 1. The van der Waals surface area contributed by atoms with E-state index in [1.165, 1.54) is 29.6 Å². The maximum Gasteiger partial charge on any atom is 0.245 e. The summed E-state index contributed by atoms with van der Waals surface area (Å²) in [6.45, 7) is 2.22. The van der Waals surface area contributed by atoms with Crippen molar-refractivity contribution < 1.29 is 26.4 Å². The molecule has 0 spiro atoms. The lowest BCUT2D eigenvalue weighted by atomic mass is 10.2. The molecule has 1 aliphatic heterocycles. The molecule has 186 valence electrons. The molecule has 0 aliphatic carbocycles. The summed E-state index contributed by atoms with van der Waals surface area (Å²) in [7, 11) is -6.10. The number of sulfonamides is 2. The first kappa shape index (κ1) is 26.5. The summed E-state index contributed by atoms with van der Waals surface area (Å²) in [4.78, 5) is 12.9. The van der Waals surface area contributed by atoms with Crippen LogP contribution in [0.15, 0.2) is 45.8 Å². The molecule has 0 bridgehead atoms. The highest BCUT2D eigenvalue weighted by molar-refractivity contribution is 9.10. The highest BCUT2D eigenvalue weighted by atomic mass is 79.9. The van der Waals surface area contributed by atoms with E-state index in [1.54, 1.807) is 18.2 Å². The van der Waals surface area contributed by atoms with Crippen LogP contribution in [0.4, 0.5) is 11.4 Å². The van der Waals surface area contributed by atoms with Gasteiger partial charge in [-0.1, -0.05) is 22.4 Å². The predicted octanol–water partition coefficient (Wildman–Crippen LogP) is 3.35. The number of rotatable bonds is 8. The number of carbonyl (C=O) groups excluding carboxylic acids is 1. The molecule has 9 nitrogen and oxygen atoms in total. The first-order valence-electron chi connectivity index (χ1n) is 10.7. The largest absolute Gasteiger partial charge is 0.495 e.